The molecule has 0 amide bonds. The summed E-state index contributed by atoms with van der Waals surface area (Å²) in [6.07, 6.45) is 6.23. The molecule has 0 aromatic heterocycles. The maximum Gasteiger partial charge on any atom is 0.337 e. The van der Waals surface area contributed by atoms with E-state index in [0.29, 0.717) is 0 Å². The van der Waals surface area contributed by atoms with Crippen LogP contribution < -0.4 is 0 Å². The number of rotatable bonds is 7. The number of carbonyl (C=O) groups is 1. The van der Waals surface area contributed by atoms with Crippen molar-refractivity contribution in [3.8, 4) is 0 Å². The van der Waals surface area contributed by atoms with Gasteiger partial charge in [-0.1, -0.05) is 26.2 Å². The van der Waals surface area contributed by atoms with E-state index in [9.17, 15) is 4.79 Å². The lowest BCUT2D eigenvalue weighted by Gasteiger charge is -2.14. The molecule has 0 aliphatic carbocycles. The van der Waals surface area contributed by atoms with Crippen molar-refractivity contribution in [2.45, 2.75) is 32.6 Å². The molecule has 0 aromatic rings. The van der Waals surface area contributed by atoms with Crippen LogP contribution in [0.3, 0.4) is 0 Å². The van der Waals surface area contributed by atoms with E-state index in [-0.39, 0.29) is 5.70 Å². The molecule has 0 bridgehead atoms. The molecule has 16 heavy (non-hydrogen) atoms. The predicted molar refractivity (Wildman–Crippen MR) is 63.5 cm³/mol. The van der Waals surface area contributed by atoms with Crippen LogP contribution in [0.25, 0.3) is 4.85 Å². The van der Waals surface area contributed by atoms with E-state index in [4.69, 9.17) is 6.57 Å². The molecule has 0 aromatic carbocycles. The Balaban J connectivity index is 4.08. The Morgan fingerprint density at radius 3 is 2.62 bits per heavy atom. The summed E-state index contributed by atoms with van der Waals surface area (Å²) in [7, 11) is 3.14. The molecule has 0 N–H and O–H groups in total. The first-order chi connectivity index (χ1) is 7.65. The summed E-state index contributed by atoms with van der Waals surface area (Å²) in [6.45, 7) is 9.88. The highest BCUT2D eigenvalue weighted by molar-refractivity contribution is 5.90. The number of ether oxygens (including phenoxy) is 1. The van der Waals surface area contributed by atoms with Gasteiger partial charge in [0, 0.05) is 19.8 Å². The lowest BCUT2D eigenvalue weighted by molar-refractivity contribution is -0.135. The van der Waals surface area contributed by atoms with Crippen LogP contribution in [-0.2, 0) is 9.53 Å². The second-order valence-corrected chi connectivity index (χ2v) is 3.66. The molecule has 0 rings (SSSR count). The van der Waals surface area contributed by atoms with Gasteiger partial charge in [-0.3, -0.25) is 4.79 Å². The summed E-state index contributed by atoms with van der Waals surface area (Å²) < 4.78 is 4.50. The zero-order chi connectivity index (χ0) is 12.4. The molecular weight excluding hydrogens is 204 g/mol. The summed E-state index contributed by atoms with van der Waals surface area (Å²) in [5, 5.41) is 0. The molecule has 0 saturated heterocycles. The van der Waals surface area contributed by atoms with Crippen molar-refractivity contribution in [3.05, 3.63) is 23.3 Å². The predicted octanol–water partition coefficient (Wildman–Crippen LogP) is 2.43. The van der Waals surface area contributed by atoms with Gasteiger partial charge in [-0.2, -0.15) is 0 Å². The highest BCUT2D eigenvalue weighted by Gasteiger charge is 2.09. The van der Waals surface area contributed by atoms with Crippen molar-refractivity contribution in [1.29, 1.82) is 0 Å². The van der Waals surface area contributed by atoms with E-state index < -0.39 is 5.97 Å². The first-order valence-corrected chi connectivity index (χ1v) is 5.53. The van der Waals surface area contributed by atoms with Crippen LogP contribution in [0.15, 0.2) is 11.9 Å². The number of nitrogens with zero attached hydrogens (tertiary/aromatic N) is 2. The molecule has 0 heterocycles. The molecule has 0 atom stereocenters. The average molecular weight is 224 g/mol. The monoisotopic (exact) mass is 224 g/mol. The van der Waals surface area contributed by atoms with Gasteiger partial charge in [-0.05, 0) is 6.42 Å². The SMILES string of the molecule is [C-]#[N+]/C(=C\N(C)CCCCCC)C(=O)OC. The average Bonchev–Trinajstić information content (AvgIpc) is 2.30. The van der Waals surface area contributed by atoms with E-state index in [2.05, 4.69) is 16.5 Å². The summed E-state index contributed by atoms with van der Waals surface area (Å²) in [6, 6.07) is 0. The maximum absolute atomic E-state index is 11.1. The van der Waals surface area contributed by atoms with Crippen molar-refractivity contribution in [2.24, 2.45) is 0 Å². The third kappa shape index (κ3) is 6.07. The number of unbranched alkanes of at least 4 members (excludes halogenated alkanes) is 3. The summed E-state index contributed by atoms with van der Waals surface area (Å²) in [5.74, 6) is -0.574. The van der Waals surface area contributed by atoms with Gasteiger partial charge in [0.2, 0.25) is 0 Å². The fourth-order valence-electron chi connectivity index (χ4n) is 1.29. The van der Waals surface area contributed by atoms with Gasteiger partial charge in [0.15, 0.2) is 0 Å². The van der Waals surface area contributed by atoms with Crippen LogP contribution in [0.2, 0.25) is 0 Å². The van der Waals surface area contributed by atoms with E-state index in [0.717, 1.165) is 13.0 Å². The molecule has 0 aliphatic heterocycles. The zero-order valence-electron chi connectivity index (χ0n) is 10.3. The number of carbonyl (C=O) groups excluding carboxylic acids is 1. The lowest BCUT2D eigenvalue weighted by atomic mass is 10.2. The van der Waals surface area contributed by atoms with Gasteiger partial charge >= 0.3 is 5.97 Å². The molecule has 0 spiro atoms. The van der Waals surface area contributed by atoms with Crippen molar-refractivity contribution < 1.29 is 9.53 Å². The second-order valence-electron chi connectivity index (χ2n) is 3.66. The van der Waals surface area contributed by atoms with E-state index >= 15 is 0 Å². The fourth-order valence-corrected chi connectivity index (χ4v) is 1.29. The molecule has 0 radical (unpaired) electrons. The van der Waals surface area contributed by atoms with Gasteiger partial charge in [-0.25, -0.2) is 4.85 Å². The minimum Gasteiger partial charge on any atom is -0.474 e. The Kier molecular flexibility index (Phi) is 7.96. The lowest BCUT2D eigenvalue weighted by Crippen LogP contribution is -2.15. The van der Waals surface area contributed by atoms with Crippen LogP contribution in [0.4, 0.5) is 0 Å². The van der Waals surface area contributed by atoms with Crippen molar-refractivity contribution in [3.63, 3.8) is 0 Å². The van der Waals surface area contributed by atoms with Gasteiger partial charge < -0.3 is 9.64 Å². The van der Waals surface area contributed by atoms with E-state index in [1.807, 2.05) is 11.9 Å². The normalized spacial score (nSPS) is 10.8. The van der Waals surface area contributed by atoms with Crippen molar-refractivity contribution in [2.75, 3.05) is 20.7 Å². The standard InChI is InChI=1S/C12H20N2O2/c1-5-6-7-8-9-14(3)10-11(13-2)12(15)16-4/h10H,5-9H2,1,3-4H3/b11-10-. The highest BCUT2D eigenvalue weighted by atomic mass is 16.5. The number of hydrogen-bond donors (Lipinski definition) is 0. The largest absolute Gasteiger partial charge is 0.474 e. The summed E-state index contributed by atoms with van der Waals surface area (Å²) in [4.78, 5) is 16.1. The first-order valence-electron chi connectivity index (χ1n) is 5.53. The Labute approximate surface area is 97.7 Å². The van der Waals surface area contributed by atoms with Crippen LogP contribution in [0, 0.1) is 6.57 Å². The van der Waals surface area contributed by atoms with Crippen molar-refractivity contribution in [1.82, 2.24) is 4.90 Å². The quantitative estimate of drug-likeness (QED) is 0.288. The minimum atomic E-state index is -0.574. The molecule has 0 saturated carbocycles. The van der Waals surface area contributed by atoms with Crippen LogP contribution in [0.5, 0.6) is 0 Å². The van der Waals surface area contributed by atoms with E-state index in [1.54, 1.807) is 6.20 Å². The third-order valence-electron chi connectivity index (χ3n) is 2.22. The Morgan fingerprint density at radius 2 is 2.12 bits per heavy atom. The van der Waals surface area contributed by atoms with Crippen molar-refractivity contribution >= 4 is 5.97 Å². The summed E-state index contributed by atoms with van der Waals surface area (Å²) in [5.41, 5.74) is 0.0282. The number of hydrogen-bond acceptors (Lipinski definition) is 3. The minimum absolute atomic E-state index is 0.0282. The number of esters is 1. The molecule has 0 unspecified atom stereocenters. The Hall–Kier alpha value is -1.50. The van der Waals surface area contributed by atoms with E-state index in [1.165, 1.54) is 26.4 Å². The topological polar surface area (TPSA) is 33.9 Å². The van der Waals surface area contributed by atoms with Crippen LogP contribution in [0.1, 0.15) is 32.6 Å². The Bertz CT molecular complexity index is 279. The first kappa shape index (κ1) is 14.5. The van der Waals surface area contributed by atoms with Crippen LogP contribution >= 0.6 is 0 Å². The Morgan fingerprint density at radius 1 is 1.44 bits per heavy atom. The zero-order valence-corrected chi connectivity index (χ0v) is 10.3. The van der Waals surface area contributed by atoms with Gasteiger partial charge in [-0.15, -0.1) is 0 Å². The molecule has 4 heteroatoms. The molecule has 0 aliphatic rings. The number of methoxy groups -OCH3 is 1. The fraction of sp³-hybridized carbons (Fsp3) is 0.667. The van der Waals surface area contributed by atoms with Gasteiger partial charge in [0.25, 0.3) is 5.70 Å². The molecule has 90 valence electrons. The second kappa shape index (κ2) is 8.78. The van der Waals surface area contributed by atoms with Gasteiger partial charge in [0.1, 0.15) is 0 Å². The van der Waals surface area contributed by atoms with Crippen LogP contribution in [-0.4, -0.2) is 31.6 Å². The van der Waals surface area contributed by atoms with Gasteiger partial charge in [0.05, 0.1) is 13.7 Å². The smallest absolute Gasteiger partial charge is 0.337 e. The maximum atomic E-state index is 11.1. The molecular formula is C12H20N2O2. The highest BCUT2D eigenvalue weighted by Crippen LogP contribution is 2.04. The summed E-state index contributed by atoms with van der Waals surface area (Å²) >= 11 is 0. The third-order valence-corrected chi connectivity index (χ3v) is 2.22. The molecule has 4 nitrogen and oxygen atoms in total. The molecule has 0 fully saturated rings.